The first-order chi connectivity index (χ1) is 15.8. The highest BCUT2D eigenvalue weighted by molar-refractivity contribution is 6.62. The minimum Gasteiger partial charge on any atom is -0.444 e. The normalized spacial score (nSPS) is 23.9. The molecule has 34 heavy (non-hydrogen) atoms. The van der Waals surface area contributed by atoms with Gasteiger partial charge in [-0.25, -0.2) is 4.79 Å². The molecule has 3 heterocycles. The minimum absolute atomic E-state index is 0.209. The van der Waals surface area contributed by atoms with Gasteiger partial charge in [0.25, 0.3) is 0 Å². The van der Waals surface area contributed by atoms with Crippen molar-refractivity contribution >= 4 is 18.7 Å². The Balaban J connectivity index is 1.55. The fraction of sp³-hybridized carbons (Fsp3) is 0.741. The molecule has 1 amide bonds. The smallest absolute Gasteiger partial charge is 0.444 e. The van der Waals surface area contributed by atoms with E-state index in [0.29, 0.717) is 24.9 Å². The number of nitrogens with zero attached hydrogens (tertiary/aromatic N) is 1. The maximum Gasteiger partial charge on any atom is 0.494 e. The molecule has 0 bridgehead atoms. The first kappa shape index (κ1) is 25.5. The van der Waals surface area contributed by atoms with E-state index in [1.165, 1.54) is 11.1 Å². The third-order valence-corrected chi connectivity index (χ3v) is 7.84. The zero-order chi connectivity index (χ0) is 24.7. The van der Waals surface area contributed by atoms with E-state index in [0.717, 1.165) is 44.4 Å². The second kappa shape index (κ2) is 9.48. The van der Waals surface area contributed by atoms with Crippen molar-refractivity contribution in [1.29, 1.82) is 0 Å². The summed E-state index contributed by atoms with van der Waals surface area (Å²) < 4.78 is 24.0. The summed E-state index contributed by atoms with van der Waals surface area (Å²) in [6, 6.07) is 6.95. The van der Waals surface area contributed by atoms with Gasteiger partial charge in [0, 0.05) is 26.3 Å². The zero-order valence-corrected chi connectivity index (χ0v) is 22.1. The lowest BCUT2D eigenvalue weighted by molar-refractivity contribution is 0.00578. The fourth-order valence-corrected chi connectivity index (χ4v) is 5.04. The number of carbonyl (C=O) groups is 1. The molecule has 0 aromatic heterocycles. The molecular formula is C27H42BNO5. The third kappa shape index (κ3) is 5.63. The van der Waals surface area contributed by atoms with Crippen LogP contribution in [0.25, 0.3) is 0 Å². The van der Waals surface area contributed by atoms with Gasteiger partial charge < -0.3 is 23.7 Å². The van der Waals surface area contributed by atoms with Crippen LogP contribution in [0.15, 0.2) is 18.2 Å². The maximum absolute atomic E-state index is 12.5. The van der Waals surface area contributed by atoms with E-state index >= 15 is 0 Å². The van der Waals surface area contributed by atoms with Gasteiger partial charge in [-0.3, -0.25) is 0 Å². The monoisotopic (exact) mass is 471 g/mol. The van der Waals surface area contributed by atoms with E-state index in [1.54, 1.807) is 0 Å². The van der Waals surface area contributed by atoms with Crippen LogP contribution < -0.4 is 5.46 Å². The number of amides is 1. The van der Waals surface area contributed by atoms with Crippen LogP contribution in [0, 0.1) is 0 Å². The van der Waals surface area contributed by atoms with E-state index < -0.39 is 5.60 Å². The summed E-state index contributed by atoms with van der Waals surface area (Å²) in [7, 11) is -0.370. The summed E-state index contributed by atoms with van der Waals surface area (Å²) >= 11 is 0. The van der Waals surface area contributed by atoms with E-state index in [9.17, 15) is 4.79 Å². The Labute approximate surface area is 205 Å². The molecule has 7 heteroatoms. The van der Waals surface area contributed by atoms with Crippen molar-refractivity contribution in [3.63, 3.8) is 0 Å². The van der Waals surface area contributed by atoms with Gasteiger partial charge in [0.2, 0.25) is 0 Å². The Hall–Kier alpha value is -1.57. The van der Waals surface area contributed by atoms with Gasteiger partial charge in [-0.15, -0.1) is 0 Å². The molecule has 3 aliphatic heterocycles. The Morgan fingerprint density at radius 2 is 1.41 bits per heavy atom. The average Bonchev–Trinajstić information content (AvgIpc) is 3.00. The van der Waals surface area contributed by atoms with Crippen molar-refractivity contribution in [1.82, 2.24) is 4.90 Å². The second-order valence-electron chi connectivity index (χ2n) is 12.1. The van der Waals surface area contributed by atoms with Crippen LogP contribution >= 0.6 is 0 Å². The molecule has 1 aromatic rings. The highest BCUT2D eigenvalue weighted by Gasteiger charge is 2.52. The molecule has 0 atom stereocenters. The molecule has 0 radical (unpaired) electrons. The lowest BCUT2D eigenvalue weighted by Crippen LogP contribution is -2.41. The van der Waals surface area contributed by atoms with Crippen LogP contribution in [0.5, 0.6) is 0 Å². The Bertz CT molecular complexity index is 863. The van der Waals surface area contributed by atoms with Crippen LogP contribution in [0.2, 0.25) is 0 Å². The number of piperidine rings is 1. The molecule has 0 spiro atoms. The Kier molecular flexibility index (Phi) is 7.11. The van der Waals surface area contributed by atoms with Crippen LogP contribution in [-0.4, -0.2) is 61.2 Å². The highest BCUT2D eigenvalue weighted by Crippen LogP contribution is 2.38. The summed E-state index contributed by atoms with van der Waals surface area (Å²) in [4.78, 5) is 14.4. The van der Waals surface area contributed by atoms with Crippen molar-refractivity contribution in [3.8, 4) is 0 Å². The molecule has 0 saturated carbocycles. The lowest BCUT2D eigenvalue weighted by Gasteiger charge is -2.34. The number of carbonyl (C=O) groups excluding carboxylic acids is 1. The number of ether oxygens (including phenoxy) is 2. The van der Waals surface area contributed by atoms with E-state index in [1.807, 2.05) is 25.7 Å². The SMILES string of the molecule is CC(C)(C)OC(=O)N1CCC(c2cc(B3OC(C)(C)C(C)(C)O3)cc(C3CCOCC3)c2)CC1. The van der Waals surface area contributed by atoms with E-state index in [4.69, 9.17) is 18.8 Å². The van der Waals surface area contributed by atoms with Gasteiger partial charge in [-0.05, 0) is 103 Å². The number of rotatable bonds is 3. The number of benzene rings is 1. The van der Waals surface area contributed by atoms with Gasteiger partial charge >= 0.3 is 13.2 Å². The minimum atomic E-state index is -0.469. The van der Waals surface area contributed by atoms with Gasteiger partial charge in [0.1, 0.15) is 5.60 Å². The number of likely N-dealkylation sites (tertiary alicyclic amines) is 1. The van der Waals surface area contributed by atoms with Gasteiger partial charge in [-0.1, -0.05) is 18.2 Å². The van der Waals surface area contributed by atoms with E-state index in [2.05, 4.69) is 45.9 Å². The van der Waals surface area contributed by atoms with Crippen LogP contribution in [0.4, 0.5) is 4.79 Å². The van der Waals surface area contributed by atoms with Gasteiger partial charge in [0.15, 0.2) is 0 Å². The molecule has 188 valence electrons. The summed E-state index contributed by atoms with van der Waals surface area (Å²) in [5, 5.41) is 0. The maximum atomic E-state index is 12.5. The second-order valence-corrected chi connectivity index (χ2v) is 12.1. The molecule has 6 nitrogen and oxygen atoms in total. The van der Waals surface area contributed by atoms with Crippen LogP contribution in [0.1, 0.15) is 97.1 Å². The molecule has 0 unspecified atom stereocenters. The van der Waals surface area contributed by atoms with Crippen molar-refractivity contribution in [3.05, 3.63) is 29.3 Å². The van der Waals surface area contributed by atoms with Gasteiger partial charge in [-0.2, -0.15) is 0 Å². The summed E-state index contributed by atoms with van der Waals surface area (Å²) in [5.41, 5.74) is 2.59. The summed E-state index contributed by atoms with van der Waals surface area (Å²) in [5.74, 6) is 0.899. The van der Waals surface area contributed by atoms with Crippen molar-refractivity contribution in [2.45, 2.75) is 103 Å². The Morgan fingerprint density at radius 1 is 0.912 bits per heavy atom. The molecule has 3 aliphatic rings. The number of hydrogen-bond donors (Lipinski definition) is 0. The fourth-order valence-electron chi connectivity index (χ4n) is 5.04. The predicted molar refractivity (Wildman–Crippen MR) is 135 cm³/mol. The number of hydrogen-bond acceptors (Lipinski definition) is 5. The third-order valence-electron chi connectivity index (χ3n) is 7.84. The van der Waals surface area contributed by atoms with Crippen molar-refractivity contribution < 1.29 is 23.6 Å². The quantitative estimate of drug-likeness (QED) is 0.581. The first-order valence-electron chi connectivity index (χ1n) is 12.9. The summed E-state index contributed by atoms with van der Waals surface area (Å²) in [6.45, 7) is 17.2. The molecule has 0 aliphatic carbocycles. The van der Waals surface area contributed by atoms with Crippen molar-refractivity contribution in [2.75, 3.05) is 26.3 Å². The largest absolute Gasteiger partial charge is 0.494 e. The van der Waals surface area contributed by atoms with Gasteiger partial charge in [0.05, 0.1) is 11.2 Å². The average molecular weight is 471 g/mol. The predicted octanol–water partition coefficient (Wildman–Crippen LogP) is 4.99. The molecule has 0 N–H and O–H groups in total. The molecular weight excluding hydrogens is 429 g/mol. The zero-order valence-electron chi connectivity index (χ0n) is 22.1. The molecule has 3 fully saturated rings. The lowest BCUT2D eigenvalue weighted by atomic mass is 9.73. The first-order valence-corrected chi connectivity index (χ1v) is 12.9. The highest BCUT2D eigenvalue weighted by atomic mass is 16.7. The molecule has 3 saturated heterocycles. The van der Waals surface area contributed by atoms with Crippen molar-refractivity contribution in [2.24, 2.45) is 0 Å². The van der Waals surface area contributed by atoms with Crippen LogP contribution in [0.3, 0.4) is 0 Å². The van der Waals surface area contributed by atoms with E-state index in [-0.39, 0.29) is 24.4 Å². The molecule has 1 aromatic carbocycles. The Morgan fingerprint density at radius 3 is 1.91 bits per heavy atom. The summed E-state index contributed by atoms with van der Waals surface area (Å²) in [6.07, 6.45) is 3.74. The topological polar surface area (TPSA) is 57.2 Å². The molecule has 4 rings (SSSR count). The standard InChI is InChI=1S/C27H42BNO5/c1-25(2,3)32-24(30)29-12-8-19(9-13-29)21-16-22(20-10-14-31-15-11-20)18-23(17-21)28-33-26(4,5)27(6,7)34-28/h16-20H,8-15H2,1-7H3. The van der Waals surface area contributed by atoms with Crippen LogP contribution in [-0.2, 0) is 18.8 Å².